The first-order valence-corrected chi connectivity index (χ1v) is 7.39. The number of pyridine rings is 1. The molecule has 0 unspecified atom stereocenters. The first-order valence-electron chi connectivity index (χ1n) is 5.78. The SMILES string of the molecule is Cc1cnc(-c2cc[n+](CCS(=O)(=O)O)nc2)c(F)c1. The van der Waals surface area contributed by atoms with E-state index in [0.29, 0.717) is 5.56 Å². The lowest BCUT2D eigenvalue weighted by atomic mass is 10.2. The monoisotopic (exact) mass is 298 g/mol. The van der Waals surface area contributed by atoms with Crippen molar-refractivity contribution in [3.63, 3.8) is 0 Å². The summed E-state index contributed by atoms with van der Waals surface area (Å²) >= 11 is 0. The van der Waals surface area contributed by atoms with Crippen LogP contribution in [-0.2, 0) is 16.7 Å². The molecule has 0 saturated carbocycles. The van der Waals surface area contributed by atoms with E-state index in [1.807, 2.05) is 0 Å². The van der Waals surface area contributed by atoms with Gasteiger partial charge >= 0.3 is 0 Å². The van der Waals surface area contributed by atoms with E-state index in [-0.39, 0.29) is 12.2 Å². The summed E-state index contributed by atoms with van der Waals surface area (Å²) in [6.45, 7) is 1.76. The Hall–Kier alpha value is -1.93. The molecule has 0 saturated heterocycles. The Labute approximate surface area is 115 Å². The van der Waals surface area contributed by atoms with Gasteiger partial charge in [0.05, 0.1) is 0 Å². The molecule has 0 aliphatic rings. The first-order chi connectivity index (χ1) is 9.35. The molecule has 1 N–H and O–H groups in total. The van der Waals surface area contributed by atoms with Crippen LogP contribution in [0.3, 0.4) is 0 Å². The van der Waals surface area contributed by atoms with E-state index >= 15 is 0 Å². The largest absolute Gasteiger partial charge is 0.285 e. The molecule has 2 aromatic rings. The highest BCUT2D eigenvalue weighted by atomic mass is 32.2. The second kappa shape index (κ2) is 5.59. The van der Waals surface area contributed by atoms with Gasteiger partial charge in [-0.3, -0.25) is 9.54 Å². The molecule has 0 aliphatic carbocycles. The number of aryl methyl sites for hydroxylation is 2. The van der Waals surface area contributed by atoms with Gasteiger partial charge < -0.3 is 0 Å². The van der Waals surface area contributed by atoms with Gasteiger partial charge in [0.2, 0.25) is 0 Å². The molecule has 8 heteroatoms. The smallest absolute Gasteiger partial charge is 0.271 e. The first kappa shape index (κ1) is 14.5. The summed E-state index contributed by atoms with van der Waals surface area (Å²) in [5.74, 6) is -0.872. The summed E-state index contributed by atoms with van der Waals surface area (Å²) in [5.41, 5.74) is 1.40. The van der Waals surface area contributed by atoms with Gasteiger partial charge in [-0.05, 0) is 23.7 Å². The number of nitrogens with zero attached hydrogens (tertiary/aromatic N) is 3. The predicted molar refractivity (Wildman–Crippen MR) is 68.8 cm³/mol. The Morgan fingerprint density at radius 3 is 2.70 bits per heavy atom. The highest BCUT2D eigenvalue weighted by Gasteiger charge is 2.13. The molecular formula is C12H13FN3O3S+. The Bertz CT molecular complexity index is 717. The molecule has 0 fully saturated rings. The van der Waals surface area contributed by atoms with Gasteiger partial charge in [-0.15, -0.1) is 0 Å². The van der Waals surface area contributed by atoms with Crippen molar-refractivity contribution in [3.8, 4) is 11.3 Å². The molecule has 0 aliphatic heterocycles. The van der Waals surface area contributed by atoms with Crippen molar-refractivity contribution in [2.75, 3.05) is 5.75 Å². The van der Waals surface area contributed by atoms with Crippen LogP contribution in [0.15, 0.2) is 30.7 Å². The zero-order valence-corrected chi connectivity index (χ0v) is 11.5. The minimum atomic E-state index is -4.03. The van der Waals surface area contributed by atoms with Gasteiger partial charge in [0, 0.05) is 17.8 Å². The van der Waals surface area contributed by atoms with E-state index in [0.717, 1.165) is 5.56 Å². The molecule has 0 aromatic carbocycles. The molecule has 0 radical (unpaired) electrons. The van der Waals surface area contributed by atoms with Gasteiger partial charge in [0.1, 0.15) is 23.5 Å². The van der Waals surface area contributed by atoms with Crippen LogP contribution in [0.2, 0.25) is 0 Å². The van der Waals surface area contributed by atoms with Gasteiger partial charge in [0.15, 0.2) is 12.7 Å². The summed E-state index contributed by atoms with van der Waals surface area (Å²) in [5, 5.41) is 3.96. The molecule has 106 valence electrons. The normalized spacial score (nSPS) is 11.6. The third-order valence-electron chi connectivity index (χ3n) is 2.60. The van der Waals surface area contributed by atoms with E-state index in [4.69, 9.17) is 4.55 Å². The van der Waals surface area contributed by atoms with Gasteiger partial charge in [-0.1, -0.05) is 4.68 Å². The topological polar surface area (TPSA) is 84.0 Å². The maximum Gasteiger partial charge on any atom is 0.271 e. The van der Waals surface area contributed by atoms with Gasteiger partial charge in [-0.2, -0.15) is 8.42 Å². The van der Waals surface area contributed by atoms with Crippen molar-refractivity contribution >= 4 is 10.1 Å². The van der Waals surface area contributed by atoms with Crippen LogP contribution in [0.4, 0.5) is 4.39 Å². The molecule has 2 aromatic heterocycles. The second-order valence-corrected chi connectivity index (χ2v) is 5.88. The van der Waals surface area contributed by atoms with Crippen molar-refractivity contribution in [2.45, 2.75) is 13.5 Å². The van der Waals surface area contributed by atoms with Crippen LogP contribution in [0.5, 0.6) is 0 Å². The number of halogens is 1. The highest BCUT2D eigenvalue weighted by Crippen LogP contribution is 2.18. The third kappa shape index (κ3) is 3.78. The molecule has 20 heavy (non-hydrogen) atoms. The van der Waals surface area contributed by atoms with Crippen LogP contribution in [-0.4, -0.2) is 28.8 Å². The van der Waals surface area contributed by atoms with Crippen molar-refractivity contribution in [1.82, 2.24) is 10.1 Å². The fourth-order valence-corrected chi connectivity index (χ4v) is 2.03. The number of hydrogen-bond acceptors (Lipinski definition) is 4. The lowest BCUT2D eigenvalue weighted by Gasteiger charge is -2.01. The van der Waals surface area contributed by atoms with Crippen LogP contribution in [0.1, 0.15) is 5.56 Å². The van der Waals surface area contributed by atoms with Crippen LogP contribution < -0.4 is 4.68 Å². The molecule has 0 amide bonds. The summed E-state index contributed by atoms with van der Waals surface area (Å²) < 4.78 is 45.0. The Morgan fingerprint density at radius 1 is 1.40 bits per heavy atom. The van der Waals surface area contributed by atoms with Gasteiger partial charge in [0.25, 0.3) is 10.1 Å². The second-order valence-electron chi connectivity index (χ2n) is 4.31. The summed E-state index contributed by atoms with van der Waals surface area (Å²) in [6.07, 6.45) is 4.45. The fourth-order valence-electron chi connectivity index (χ4n) is 1.61. The van der Waals surface area contributed by atoms with E-state index in [1.165, 1.54) is 23.1 Å². The maximum absolute atomic E-state index is 13.7. The van der Waals surface area contributed by atoms with Crippen molar-refractivity contribution in [1.29, 1.82) is 0 Å². The molecular weight excluding hydrogens is 285 g/mol. The number of hydrogen-bond donors (Lipinski definition) is 1. The predicted octanol–water partition coefficient (Wildman–Crippen LogP) is 0.766. The summed E-state index contributed by atoms with van der Waals surface area (Å²) in [4.78, 5) is 4.00. The molecule has 6 nitrogen and oxygen atoms in total. The number of aromatic nitrogens is 3. The van der Waals surface area contributed by atoms with Crippen molar-refractivity contribution in [2.24, 2.45) is 0 Å². The van der Waals surface area contributed by atoms with Crippen molar-refractivity contribution < 1.29 is 22.0 Å². The highest BCUT2D eigenvalue weighted by molar-refractivity contribution is 7.85. The maximum atomic E-state index is 13.7. The minimum Gasteiger partial charge on any atom is -0.285 e. The summed E-state index contributed by atoms with van der Waals surface area (Å²) in [6, 6.07) is 2.96. The lowest BCUT2D eigenvalue weighted by Crippen LogP contribution is -2.40. The van der Waals surface area contributed by atoms with E-state index < -0.39 is 21.7 Å². The minimum absolute atomic E-state index is 0.0168. The van der Waals surface area contributed by atoms with Gasteiger partial charge in [-0.25, -0.2) is 4.39 Å². The quantitative estimate of drug-likeness (QED) is 0.665. The molecule has 2 rings (SSSR count). The molecule has 0 bridgehead atoms. The fraction of sp³-hybridized carbons (Fsp3) is 0.250. The Morgan fingerprint density at radius 2 is 2.15 bits per heavy atom. The standard InChI is InChI=1S/C12H12FN3O3S/c1-9-6-11(13)12(14-7-9)10-2-3-16(15-8-10)4-5-20(17,18)19/h2-3,6-8H,4-5H2,1H3/p+1. The van der Waals surface area contributed by atoms with E-state index in [2.05, 4.69) is 10.1 Å². The van der Waals surface area contributed by atoms with Crippen LogP contribution in [0, 0.1) is 12.7 Å². The van der Waals surface area contributed by atoms with E-state index in [9.17, 15) is 12.8 Å². The van der Waals surface area contributed by atoms with Crippen LogP contribution in [0.25, 0.3) is 11.3 Å². The van der Waals surface area contributed by atoms with E-state index in [1.54, 1.807) is 19.2 Å². The zero-order chi connectivity index (χ0) is 14.8. The lowest BCUT2D eigenvalue weighted by molar-refractivity contribution is -0.750. The Kier molecular flexibility index (Phi) is 4.05. The zero-order valence-electron chi connectivity index (χ0n) is 10.7. The average Bonchev–Trinajstić information content (AvgIpc) is 2.36. The number of rotatable bonds is 4. The molecule has 0 atom stereocenters. The molecule has 0 spiro atoms. The van der Waals surface area contributed by atoms with Crippen LogP contribution >= 0.6 is 0 Å². The third-order valence-corrected chi connectivity index (χ3v) is 3.30. The molecule has 2 heterocycles. The van der Waals surface area contributed by atoms with Crippen molar-refractivity contribution in [3.05, 3.63) is 42.1 Å². The average molecular weight is 298 g/mol. The summed E-state index contributed by atoms with van der Waals surface area (Å²) in [7, 11) is -4.03. The Balaban J connectivity index is 2.19.